The second-order valence-electron chi connectivity index (χ2n) is 7.61. The lowest BCUT2D eigenvalue weighted by molar-refractivity contribution is -0.173. The van der Waals surface area contributed by atoms with E-state index in [1.807, 2.05) is 48.5 Å². The maximum atomic E-state index is 12.2. The molecule has 2 aromatic rings. The van der Waals surface area contributed by atoms with Crippen LogP contribution in [0.1, 0.15) is 36.3 Å². The average molecular weight is 464 g/mol. The van der Waals surface area contributed by atoms with Crippen molar-refractivity contribution in [2.24, 2.45) is 0 Å². The van der Waals surface area contributed by atoms with Gasteiger partial charge in [0.15, 0.2) is 0 Å². The molecule has 0 heterocycles. The normalized spacial score (nSPS) is 13.5. The van der Waals surface area contributed by atoms with Crippen molar-refractivity contribution in [3.8, 4) is 11.1 Å². The van der Waals surface area contributed by atoms with Gasteiger partial charge < -0.3 is 20.5 Å². The first-order valence-corrected chi connectivity index (χ1v) is 10.4. The SMILES string of the molecule is O=C(N[C@@H](CCCCNC(=O)C(F)(F)F)C(=O)O)OCC1c2ccccc2-c2ccccc21. The second-order valence-corrected chi connectivity index (χ2v) is 7.61. The molecular formula is C23H23F3N2O5. The first kappa shape index (κ1) is 24.1. The van der Waals surface area contributed by atoms with Gasteiger partial charge in [-0.05, 0) is 41.5 Å². The summed E-state index contributed by atoms with van der Waals surface area (Å²) in [4.78, 5) is 34.4. The Balaban J connectivity index is 1.49. The number of carboxylic acids is 1. The van der Waals surface area contributed by atoms with Crippen LogP contribution in [0.2, 0.25) is 0 Å². The molecule has 0 spiro atoms. The predicted molar refractivity (Wildman–Crippen MR) is 113 cm³/mol. The third kappa shape index (κ3) is 6.03. The highest BCUT2D eigenvalue weighted by Gasteiger charge is 2.38. The molecule has 0 saturated carbocycles. The summed E-state index contributed by atoms with van der Waals surface area (Å²) >= 11 is 0. The van der Waals surface area contributed by atoms with Crippen LogP contribution in [0.4, 0.5) is 18.0 Å². The molecule has 2 aromatic carbocycles. The topological polar surface area (TPSA) is 105 Å². The number of alkyl carbamates (subject to hydrolysis) is 1. The Bertz CT molecular complexity index is 980. The summed E-state index contributed by atoms with van der Waals surface area (Å²) in [5.74, 6) is -3.51. The molecule has 3 N–H and O–H groups in total. The van der Waals surface area contributed by atoms with Gasteiger partial charge >= 0.3 is 24.1 Å². The van der Waals surface area contributed by atoms with Gasteiger partial charge in [-0.25, -0.2) is 9.59 Å². The molecule has 1 aliphatic rings. The van der Waals surface area contributed by atoms with Crippen molar-refractivity contribution >= 4 is 18.0 Å². The van der Waals surface area contributed by atoms with E-state index in [0.29, 0.717) is 0 Å². The summed E-state index contributed by atoms with van der Waals surface area (Å²) in [6, 6.07) is 14.3. The van der Waals surface area contributed by atoms with Crippen LogP contribution in [0, 0.1) is 0 Å². The Hall–Kier alpha value is -3.56. The molecule has 0 radical (unpaired) electrons. The molecule has 0 aliphatic heterocycles. The number of fused-ring (bicyclic) bond motifs is 3. The van der Waals surface area contributed by atoms with Crippen LogP contribution < -0.4 is 10.6 Å². The lowest BCUT2D eigenvalue weighted by Crippen LogP contribution is -2.41. The van der Waals surface area contributed by atoms with Gasteiger partial charge in [0.1, 0.15) is 12.6 Å². The fourth-order valence-corrected chi connectivity index (χ4v) is 3.82. The maximum absolute atomic E-state index is 12.2. The summed E-state index contributed by atoms with van der Waals surface area (Å²) in [5, 5.41) is 13.3. The molecule has 2 amide bonds. The van der Waals surface area contributed by atoms with Crippen molar-refractivity contribution in [1.82, 2.24) is 10.6 Å². The van der Waals surface area contributed by atoms with E-state index in [4.69, 9.17) is 4.74 Å². The van der Waals surface area contributed by atoms with Gasteiger partial charge in [-0.1, -0.05) is 48.5 Å². The predicted octanol–water partition coefficient (Wildman–Crippen LogP) is 3.83. The fraction of sp³-hybridized carbons (Fsp3) is 0.348. The third-order valence-electron chi connectivity index (χ3n) is 5.40. The van der Waals surface area contributed by atoms with Gasteiger partial charge in [0, 0.05) is 12.5 Å². The first-order chi connectivity index (χ1) is 15.7. The largest absolute Gasteiger partial charge is 0.480 e. The number of hydrogen-bond donors (Lipinski definition) is 3. The number of rotatable bonds is 9. The highest BCUT2D eigenvalue weighted by molar-refractivity contribution is 5.82. The van der Waals surface area contributed by atoms with E-state index in [-0.39, 0.29) is 38.3 Å². The number of unbranched alkanes of at least 4 members (excludes halogenated alkanes) is 1. The molecule has 0 saturated heterocycles. The average Bonchev–Trinajstić information content (AvgIpc) is 3.09. The molecule has 0 unspecified atom stereocenters. The van der Waals surface area contributed by atoms with E-state index in [1.165, 1.54) is 0 Å². The summed E-state index contributed by atoms with van der Waals surface area (Å²) in [7, 11) is 0. The van der Waals surface area contributed by atoms with E-state index < -0.39 is 30.2 Å². The van der Waals surface area contributed by atoms with Crippen molar-refractivity contribution in [3.63, 3.8) is 0 Å². The zero-order valence-corrected chi connectivity index (χ0v) is 17.5. The highest BCUT2D eigenvalue weighted by atomic mass is 19.4. The molecule has 10 heteroatoms. The second kappa shape index (κ2) is 10.4. The number of amides is 2. The van der Waals surface area contributed by atoms with Crippen LogP contribution in [0.5, 0.6) is 0 Å². The summed E-state index contributed by atoms with van der Waals surface area (Å²) in [5.41, 5.74) is 4.15. The minimum atomic E-state index is -4.96. The number of carbonyl (C=O) groups excluding carboxylic acids is 2. The Labute approximate surface area is 187 Å². The van der Waals surface area contributed by atoms with Crippen molar-refractivity contribution < 1.29 is 37.4 Å². The van der Waals surface area contributed by atoms with E-state index in [9.17, 15) is 32.7 Å². The summed E-state index contributed by atoms with van der Waals surface area (Å²) in [6.07, 6.45) is -5.58. The van der Waals surface area contributed by atoms with Crippen LogP contribution in [-0.2, 0) is 14.3 Å². The Morgan fingerprint density at radius 1 is 0.970 bits per heavy atom. The van der Waals surface area contributed by atoms with Crippen LogP contribution in [0.3, 0.4) is 0 Å². The molecule has 0 aromatic heterocycles. The Morgan fingerprint density at radius 2 is 1.55 bits per heavy atom. The summed E-state index contributed by atoms with van der Waals surface area (Å²) < 4.78 is 41.7. The number of carboxylic acid groups (broad SMARTS) is 1. The smallest absolute Gasteiger partial charge is 0.471 e. The summed E-state index contributed by atoms with van der Waals surface area (Å²) in [6.45, 7) is -0.231. The number of ether oxygens (including phenoxy) is 1. The molecule has 1 atom stereocenters. The minimum absolute atomic E-state index is 0.0235. The van der Waals surface area contributed by atoms with E-state index in [2.05, 4.69) is 5.32 Å². The standard InChI is InChI=1S/C23H23F3N2O5/c24-23(25,26)21(31)27-12-6-5-11-19(20(29)30)28-22(32)33-13-18-16-9-3-1-7-14(16)15-8-2-4-10-17(15)18/h1-4,7-10,18-19H,5-6,11-13H2,(H,27,31)(H,28,32)(H,29,30)/t19-/m0/s1. The van der Waals surface area contributed by atoms with Crippen molar-refractivity contribution in [2.75, 3.05) is 13.2 Å². The number of nitrogens with one attached hydrogen (secondary N) is 2. The van der Waals surface area contributed by atoms with Crippen LogP contribution in [0.25, 0.3) is 11.1 Å². The number of aliphatic carboxylic acids is 1. The van der Waals surface area contributed by atoms with Crippen molar-refractivity contribution in [2.45, 2.75) is 37.4 Å². The molecule has 0 bridgehead atoms. The molecular weight excluding hydrogens is 441 g/mol. The van der Waals surface area contributed by atoms with Crippen molar-refractivity contribution in [1.29, 1.82) is 0 Å². The number of hydrogen-bond acceptors (Lipinski definition) is 4. The van der Waals surface area contributed by atoms with Crippen LogP contribution in [0.15, 0.2) is 48.5 Å². The zero-order chi connectivity index (χ0) is 24.0. The third-order valence-corrected chi connectivity index (χ3v) is 5.40. The number of alkyl halides is 3. The Kier molecular flexibility index (Phi) is 7.57. The van der Waals surface area contributed by atoms with E-state index in [1.54, 1.807) is 5.32 Å². The quantitative estimate of drug-likeness (QED) is 0.490. The molecule has 33 heavy (non-hydrogen) atoms. The van der Waals surface area contributed by atoms with Gasteiger partial charge in [0.05, 0.1) is 0 Å². The molecule has 3 rings (SSSR count). The van der Waals surface area contributed by atoms with E-state index in [0.717, 1.165) is 22.3 Å². The number of carbonyl (C=O) groups is 3. The fourth-order valence-electron chi connectivity index (χ4n) is 3.82. The lowest BCUT2D eigenvalue weighted by Gasteiger charge is -2.17. The maximum Gasteiger partial charge on any atom is 0.471 e. The minimum Gasteiger partial charge on any atom is -0.480 e. The van der Waals surface area contributed by atoms with Crippen LogP contribution >= 0.6 is 0 Å². The van der Waals surface area contributed by atoms with Gasteiger partial charge in [-0.2, -0.15) is 13.2 Å². The number of benzene rings is 2. The number of halogens is 3. The highest BCUT2D eigenvalue weighted by Crippen LogP contribution is 2.44. The lowest BCUT2D eigenvalue weighted by atomic mass is 9.98. The zero-order valence-electron chi connectivity index (χ0n) is 17.5. The molecule has 176 valence electrons. The molecule has 1 aliphatic carbocycles. The van der Waals surface area contributed by atoms with Gasteiger partial charge in [-0.15, -0.1) is 0 Å². The van der Waals surface area contributed by atoms with Gasteiger partial charge in [0.2, 0.25) is 0 Å². The molecule has 0 fully saturated rings. The van der Waals surface area contributed by atoms with Crippen molar-refractivity contribution in [3.05, 3.63) is 59.7 Å². The van der Waals surface area contributed by atoms with Gasteiger partial charge in [-0.3, -0.25) is 4.79 Å². The monoisotopic (exact) mass is 464 g/mol. The first-order valence-electron chi connectivity index (χ1n) is 10.4. The molecule has 7 nitrogen and oxygen atoms in total. The van der Waals surface area contributed by atoms with E-state index >= 15 is 0 Å². The van der Waals surface area contributed by atoms with Crippen LogP contribution in [-0.4, -0.2) is 48.4 Å². The Morgan fingerprint density at radius 3 is 2.09 bits per heavy atom. The van der Waals surface area contributed by atoms with Gasteiger partial charge in [0.25, 0.3) is 0 Å².